The lowest BCUT2D eigenvalue weighted by molar-refractivity contribution is -0.384. The standard InChI is InChI=1S/C22H18ClN3O10S/c1-10(27)34-7-11-9-37-21-17(20(29)25(21)18(11)22(30)31)24-19(28)15-5-3-13(36-15)8-35-16-6-12(26(32)33)2-4-14(16)23/h2-6,17,21H,7-9H2,1H3,(H,24,28)(H,30,31)/t17-,21-/m0/s1. The molecule has 2 N–H and O–H groups in total. The van der Waals surface area contributed by atoms with E-state index in [0.29, 0.717) is 0 Å². The van der Waals surface area contributed by atoms with Crippen LogP contribution in [-0.2, 0) is 25.7 Å². The zero-order valence-electron chi connectivity index (χ0n) is 19.0. The first-order valence-electron chi connectivity index (χ1n) is 10.6. The van der Waals surface area contributed by atoms with Crippen molar-refractivity contribution in [2.75, 3.05) is 12.4 Å². The van der Waals surface area contributed by atoms with E-state index in [1.54, 1.807) is 0 Å². The zero-order chi connectivity index (χ0) is 26.9. The van der Waals surface area contributed by atoms with Gasteiger partial charge in [0.05, 0.1) is 16.0 Å². The molecule has 3 heterocycles. The minimum atomic E-state index is -1.34. The van der Waals surface area contributed by atoms with Crippen molar-refractivity contribution in [2.24, 2.45) is 0 Å². The average molecular weight is 552 g/mol. The maximum Gasteiger partial charge on any atom is 0.352 e. The topological polar surface area (TPSA) is 179 Å². The van der Waals surface area contributed by atoms with Gasteiger partial charge in [-0.25, -0.2) is 4.79 Å². The molecule has 1 aromatic heterocycles. The van der Waals surface area contributed by atoms with E-state index < -0.39 is 40.1 Å². The molecule has 194 valence electrons. The summed E-state index contributed by atoms with van der Waals surface area (Å²) < 4.78 is 15.8. The number of nitrogens with zero attached hydrogens (tertiary/aromatic N) is 2. The van der Waals surface area contributed by atoms with Crippen LogP contribution in [0, 0.1) is 10.1 Å². The van der Waals surface area contributed by atoms with Crippen LogP contribution in [0.4, 0.5) is 5.69 Å². The Labute approximate surface area is 217 Å². The molecule has 1 fully saturated rings. The van der Waals surface area contributed by atoms with Crippen molar-refractivity contribution in [3.63, 3.8) is 0 Å². The molecule has 1 saturated heterocycles. The Morgan fingerprint density at radius 1 is 1.30 bits per heavy atom. The van der Waals surface area contributed by atoms with E-state index >= 15 is 0 Å². The fourth-order valence-electron chi connectivity index (χ4n) is 3.64. The second kappa shape index (κ2) is 10.5. The Balaban J connectivity index is 1.39. The normalized spacial score (nSPS) is 18.5. The lowest BCUT2D eigenvalue weighted by Crippen LogP contribution is -2.70. The van der Waals surface area contributed by atoms with E-state index in [-0.39, 0.29) is 58.2 Å². The van der Waals surface area contributed by atoms with E-state index in [0.717, 1.165) is 11.0 Å². The van der Waals surface area contributed by atoms with Gasteiger partial charge in [-0.05, 0) is 18.2 Å². The molecule has 2 aliphatic rings. The van der Waals surface area contributed by atoms with Crippen molar-refractivity contribution in [3.8, 4) is 5.75 Å². The van der Waals surface area contributed by atoms with Crippen molar-refractivity contribution in [1.82, 2.24) is 10.2 Å². The molecule has 0 saturated carbocycles. The molecule has 1 aromatic carbocycles. The number of furan rings is 1. The number of hydrogen-bond donors (Lipinski definition) is 2. The predicted molar refractivity (Wildman–Crippen MR) is 127 cm³/mol. The summed E-state index contributed by atoms with van der Waals surface area (Å²) in [6.45, 7) is 0.756. The summed E-state index contributed by atoms with van der Waals surface area (Å²) in [6, 6.07) is 5.53. The van der Waals surface area contributed by atoms with E-state index in [9.17, 15) is 34.4 Å². The molecule has 2 aliphatic heterocycles. The molecular formula is C22H18ClN3O10S. The number of ether oxygens (including phenoxy) is 2. The molecule has 0 radical (unpaired) electrons. The van der Waals surface area contributed by atoms with E-state index in [2.05, 4.69) is 5.32 Å². The number of aliphatic carboxylic acids is 1. The van der Waals surface area contributed by atoms with Crippen LogP contribution < -0.4 is 10.1 Å². The van der Waals surface area contributed by atoms with Gasteiger partial charge in [-0.15, -0.1) is 11.8 Å². The van der Waals surface area contributed by atoms with Gasteiger partial charge in [-0.2, -0.15) is 0 Å². The molecule has 0 spiro atoms. The summed E-state index contributed by atoms with van der Waals surface area (Å²) in [6.07, 6.45) is 0. The van der Waals surface area contributed by atoms with Crippen LogP contribution in [0.5, 0.6) is 5.75 Å². The van der Waals surface area contributed by atoms with Crippen molar-refractivity contribution >= 4 is 52.8 Å². The third kappa shape index (κ3) is 5.39. The highest BCUT2D eigenvalue weighted by Gasteiger charge is 2.54. The number of nitro groups is 1. The number of hydrogen-bond acceptors (Lipinski definition) is 10. The second-order valence-electron chi connectivity index (χ2n) is 7.82. The van der Waals surface area contributed by atoms with E-state index in [1.165, 1.54) is 43.0 Å². The molecular weight excluding hydrogens is 534 g/mol. The first-order valence-corrected chi connectivity index (χ1v) is 12.0. The van der Waals surface area contributed by atoms with Gasteiger partial charge >= 0.3 is 11.9 Å². The number of fused-ring (bicyclic) bond motifs is 1. The van der Waals surface area contributed by atoms with Crippen LogP contribution >= 0.6 is 23.4 Å². The molecule has 0 aliphatic carbocycles. The number of carbonyl (C=O) groups excluding carboxylic acids is 3. The Morgan fingerprint density at radius 2 is 2.05 bits per heavy atom. The summed E-state index contributed by atoms with van der Waals surface area (Å²) in [7, 11) is 0. The first kappa shape index (κ1) is 26.0. The van der Waals surface area contributed by atoms with Crippen molar-refractivity contribution < 1.29 is 43.1 Å². The molecule has 0 unspecified atom stereocenters. The van der Waals surface area contributed by atoms with Crippen molar-refractivity contribution in [2.45, 2.75) is 24.9 Å². The number of carboxylic acids is 1. The quantitative estimate of drug-likeness (QED) is 0.202. The van der Waals surface area contributed by atoms with Gasteiger partial charge < -0.3 is 24.3 Å². The maximum absolute atomic E-state index is 12.7. The average Bonchev–Trinajstić information content (AvgIpc) is 3.33. The number of non-ortho nitro benzene ring substituents is 1. The Bertz CT molecular complexity index is 1340. The van der Waals surface area contributed by atoms with Gasteiger partial charge in [0.15, 0.2) is 5.76 Å². The van der Waals surface area contributed by atoms with Gasteiger partial charge in [0.2, 0.25) is 0 Å². The third-order valence-electron chi connectivity index (χ3n) is 5.37. The number of β-lactam (4-membered cyclic amide) rings is 1. The Morgan fingerprint density at radius 3 is 2.73 bits per heavy atom. The summed E-state index contributed by atoms with van der Waals surface area (Å²) in [5.74, 6) is -2.91. The van der Waals surface area contributed by atoms with E-state index in [4.69, 9.17) is 25.5 Å². The van der Waals surface area contributed by atoms with Gasteiger partial charge in [-0.3, -0.25) is 29.4 Å². The number of rotatable bonds is 9. The fourth-order valence-corrected chi connectivity index (χ4v) is 5.14. The highest BCUT2D eigenvalue weighted by atomic mass is 35.5. The molecule has 13 nitrogen and oxygen atoms in total. The monoisotopic (exact) mass is 551 g/mol. The van der Waals surface area contributed by atoms with Crippen molar-refractivity contribution in [3.05, 3.63) is 68.3 Å². The van der Waals surface area contributed by atoms with Gasteiger partial charge in [0, 0.05) is 24.3 Å². The van der Waals surface area contributed by atoms with Crippen LogP contribution in [-0.4, -0.2) is 62.5 Å². The molecule has 2 atom stereocenters. The lowest BCUT2D eigenvalue weighted by atomic mass is 10.0. The minimum Gasteiger partial charge on any atom is -0.484 e. The van der Waals surface area contributed by atoms with Gasteiger partial charge in [0.1, 0.15) is 41.8 Å². The number of esters is 1. The van der Waals surface area contributed by atoms with Crippen LogP contribution in [0.2, 0.25) is 5.02 Å². The summed E-state index contributed by atoms with van der Waals surface area (Å²) in [5.41, 5.74) is -0.197. The smallest absolute Gasteiger partial charge is 0.352 e. The van der Waals surface area contributed by atoms with Gasteiger partial charge in [-0.1, -0.05) is 11.6 Å². The molecule has 2 aromatic rings. The van der Waals surface area contributed by atoms with Crippen LogP contribution in [0.3, 0.4) is 0 Å². The lowest BCUT2D eigenvalue weighted by Gasteiger charge is -2.49. The minimum absolute atomic E-state index is 0.0584. The number of nitro benzene ring substituents is 1. The second-order valence-corrected chi connectivity index (χ2v) is 9.34. The summed E-state index contributed by atoms with van der Waals surface area (Å²) in [5, 5.41) is 22.6. The number of halogens is 1. The largest absolute Gasteiger partial charge is 0.484 e. The highest BCUT2D eigenvalue weighted by molar-refractivity contribution is 8.00. The number of amides is 2. The Hall–Kier alpha value is -4.04. The Kier molecular flexibility index (Phi) is 7.40. The summed E-state index contributed by atoms with van der Waals surface area (Å²) in [4.78, 5) is 59.7. The molecule has 2 amide bonds. The van der Waals surface area contributed by atoms with Crippen LogP contribution in [0.25, 0.3) is 0 Å². The van der Waals surface area contributed by atoms with Gasteiger partial charge in [0.25, 0.3) is 17.5 Å². The molecule has 37 heavy (non-hydrogen) atoms. The fraction of sp³-hybridized carbons (Fsp3) is 0.273. The third-order valence-corrected chi connectivity index (χ3v) is 7.02. The number of benzene rings is 1. The number of carbonyl (C=O) groups is 4. The zero-order valence-corrected chi connectivity index (χ0v) is 20.5. The van der Waals surface area contributed by atoms with E-state index in [1.807, 2.05) is 0 Å². The van der Waals surface area contributed by atoms with Crippen molar-refractivity contribution in [1.29, 1.82) is 0 Å². The highest BCUT2D eigenvalue weighted by Crippen LogP contribution is 2.40. The molecule has 0 bridgehead atoms. The summed E-state index contributed by atoms with van der Waals surface area (Å²) >= 11 is 7.23. The number of carboxylic acid groups (broad SMARTS) is 1. The van der Waals surface area contributed by atoms with Crippen LogP contribution in [0.1, 0.15) is 23.2 Å². The molecule has 4 rings (SSSR count). The molecule has 15 heteroatoms. The maximum atomic E-state index is 12.7. The SMILES string of the molecule is CC(=O)OCC1=C(C(=O)O)N2C(=O)[C@H](NC(=O)c3ccc(COc4cc([N+](=O)[O-])ccc4Cl)o3)[C@@H]2SC1. The number of thioether (sulfide) groups is 1. The first-order chi connectivity index (χ1) is 17.6. The number of nitrogens with one attached hydrogen (secondary N) is 1. The van der Waals surface area contributed by atoms with Crippen LogP contribution in [0.15, 0.2) is 46.0 Å². The predicted octanol–water partition coefficient (Wildman–Crippen LogP) is 2.34.